The lowest BCUT2D eigenvalue weighted by Crippen LogP contribution is -2.46. The molecule has 2 N–H and O–H groups in total. The minimum absolute atomic E-state index is 0.0290. The summed E-state index contributed by atoms with van der Waals surface area (Å²) in [5.74, 6) is -2.58. The van der Waals surface area contributed by atoms with Crippen LogP contribution in [-0.4, -0.2) is 55.4 Å². The SMILES string of the molecule is O=C(c1nsc2c1C=CC(Nc1n[nH]c3cccnc13)C2)N1CCCC(F)(F)C1. The van der Waals surface area contributed by atoms with Crippen LogP contribution in [0.25, 0.3) is 17.1 Å². The third-order valence-electron chi connectivity index (χ3n) is 5.23. The number of pyridine rings is 1. The van der Waals surface area contributed by atoms with Gasteiger partial charge in [-0.25, -0.2) is 8.78 Å². The van der Waals surface area contributed by atoms with Crippen LogP contribution in [0.5, 0.6) is 0 Å². The van der Waals surface area contributed by atoms with Crippen molar-refractivity contribution in [3.05, 3.63) is 40.5 Å². The number of nitrogens with zero attached hydrogens (tertiary/aromatic N) is 4. The molecule has 0 saturated carbocycles. The van der Waals surface area contributed by atoms with Crippen LogP contribution in [0.1, 0.15) is 33.8 Å². The van der Waals surface area contributed by atoms with E-state index in [-0.39, 0.29) is 18.2 Å². The number of nitrogens with one attached hydrogen (secondary N) is 2. The average Bonchev–Trinajstić information content (AvgIpc) is 3.31. The Morgan fingerprint density at radius 2 is 2.31 bits per heavy atom. The second-order valence-corrected chi connectivity index (χ2v) is 8.20. The van der Waals surface area contributed by atoms with Gasteiger partial charge in [0, 0.05) is 36.0 Å². The van der Waals surface area contributed by atoms with Crippen LogP contribution in [0.4, 0.5) is 14.6 Å². The van der Waals surface area contributed by atoms with Gasteiger partial charge in [-0.3, -0.25) is 14.9 Å². The van der Waals surface area contributed by atoms with Gasteiger partial charge in [-0.05, 0) is 30.1 Å². The molecule has 0 spiro atoms. The average molecular weight is 416 g/mol. The smallest absolute Gasteiger partial charge is 0.274 e. The second kappa shape index (κ2) is 6.87. The first-order valence-electron chi connectivity index (χ1n) is 9.40. The number of carbonyl (C=O) groups is 1. The standard InChI is InChI=1S/C19H18F2N6OS/c20-19(21)6-2-8-27(10-19)18(28)15-12-5-4-11(9-14(12)29-26-15)23-17-16-13(24-25-17)3-1-7-22-16/h1,3-5,7,11H,2,6,8-10H2,(H2,23,24,25). The summed E-state index contributed by atoms with van der Waals surface area (Å²) in [6, 6.07) is 3.71. The van der Waals surface area contributed by atoms with Crippen LogP contribution >= 0.6 is 11.5 Å². The summed E-state index contributed by atoms with van der Waals surface area (Å²) < 4.78 is 31.7. The monoisotopic (exact) mass is 416 g/mol. The number of rotatable bonds is 3. The number of amides is 1. The maximum absolute atomic E-state index is 13.7. The Morgan fingerprint density at radius 3 is 3.17 bits per heavy atom. The fraction of sp³-hybridized carbons (Fsp3) is 0.368. The van der Waals surface area contributed by atoms with Crippen LogP contribution in [0.2, 0.25) is 0 Å². The van der Waals surface area contributed by atoms with Gasteiger partial charge >= 0.3 is 0 Å². The summed E-state index contributed by atoms with van der Waals surface area (Å²) >= 11 is 1.24. The van der Waals surface area contributed by atoms with Crippen molar-refractivity contribution in [1.29, 1.82) is 0 Å². The highest BCUT2D eigenvalue weighted by Gasteiger charge is 2.38. The zero-order chi connectivity index (χ0) is 20.0. The van der Waals surface area contributed by atoms with Crippen LogP contribution in [0.15, 0.2) is 24.4 Å². The van der Waals surface area contributed by atoms with Crippen LogP contribution < -0.4 is 5.32 Å². The molecule has 1 amide bonds. The fourth-order valence-electron chi connectivity index (χ4n) is 3.80. The number of piperidine rings is 1. The van der Waals surface area contributed by atoms with Gasteiger partial charge in [0.1, 0.15) is 11.2 Å². The van der Waals surface area contributed by atoms with E-state index in [1.807, 2.05) is 24.3 Å². The van der Waals surface area contributed by atoms with Crippen LogP contribution in [0.3, 0.4) is 0 Å². The van der Waals surface area contributed by atoms with E-state index in [1.54, 1.807) is 6.20 Å². The lowest BCUT2D eigenvalue weighted by Gasteiger charge is -2.32. The molecule has 150 valence electrons. The van der Waals surface area contributed by atoms with E-state index in [0.717, 1.165) is 21.5 Å². The van der Waals surface area contributed by atoms with Crippen molar-refractivity contribution in [3.63, 3.8) is 0 Å². The molecule has 4 heterocycles. The molecule has 0 bridgehead atoms. The van der Waals surface area contributed by atoms with Gasteiger partial charge in [0.15, 0.2) is 5.82 Å². The highest BCUT2D eigenvalue weighted by atomic mass is 32.1. The number of alkyl halides is 2. The van der Waals surface area contributed by atoms with Crippen LogP contribution in [0, 0.1) is 0 Å². The summed E-state index contributed by atoms with van der Waals surface area (Å²) in [5.41, 5.74) is 2.61. The number of hydrogen-bond acceptors (Lipinski definition) is 6. The second-order valence-electron chi connectivity index (χ2n) is 7.34. The number of likely N-dealkylation sites (tertiary alicyclic amines) is 1. The number of fused-ring (bicyclic) bond motifs is 2. The number of halogens is 2. The molecule has 10 heteroatoms. The third kappa shape index (κ3) is 3.37. The number of hydrogen-bond donors (Lipinski definition) is 2. The molecule has 1 unspecified atom stereocenters. The Hall–Kier alpha value is -2.88. The van der Waals surface area contributed by atoms with Crippen molar-refractivity contribution < 1.29 is 13.6 Å². The molecule has 5 rings (SSSR count). The maximum atomic E-state index is 13.7. The van der Waals surface area contributed by atoms with E-state index in [1.165, 1.54) is 16.4 Å². The lowest BCUT2D eigenvalue weighted by molar-refractivity contribution is -0.0561. The Labute approximate surface area is 169 Å². The van der Waals surface area contributed by atoms with E-state index >= 15 is 0 Å². The molecule has 29 heavy (non-hydrogen) atoms. The van der Waals surface area contributed by atoms with Crippen molar-refractivity contribution >= 4 is 40.4 Å². The van der Waals surface area contributed by atoms with Crippen molar-refractivity contribution in [2.45, 2.75) is 31.2 Å². The lowest BCUT2D eigenvalue weighted by atomic mass is 9.99. The van der Waals surface area contributed by atoms with E-state index in [9.17, 15) is 13.6 Å². The third-order valence-corrected chi connectivity index (χ3v) is 6.11. The number of aromatic nitrogens is 4. The van der Waals surface area contributed by atoms with Gasteiger partial charge in [-0.15, -0.1) is 0 Å². The van der Waals surface area contributed by atoms with Crippen molar-refractivity contribution in [1.82, 2.24) is 24.5 Å². The molecule has 1 aliphatic carbocycles. The zero-order valence-corrected chi connectivity index (χ0v) is 16.2. The summed E-state index contributed by atoms with van der Waals surface area (Å²) in [6.45, 7) is -0.195. The molecular formula is C19H18F2N6OS. The first kappa shape index (κ1) is 18.2. The summed E-state index contributed by atoms with van der Waals surface area (Å²) in [5, 5.41) is 10.6. The number of aromatic amines is 1. The predicted octanol–water partition coefficient (Wildman–Crippen LogP) is 3.34. The van der Waals surface area contributed by atoms with Crippen LogP contribution in [-0.2, 0) is 6.42 Å². The Balaban J connectivity index is 1.34. The van der Waals surface area contributed by atoms with Crippen molar-refractivity contribution in [2.75, 3.05) is 18.4 Å². The van der Waals surface area contributed by atoms with E-state index in [2.05, 4.69) is 24.9 Å². The van der Waals surface area contributed by atoms with Gasteiger partial charge in [-0.1, -0.05) is 12.2 Å². The first-order chi connectivity index (χ1) is 14.0. The highest BCUT2D eigenvalue weighted by Crippen LogP contribution is 2.32. The molecule has 3 aromatic rings. The van der Waals surface area contributed by atoms with Gasteiger partial charge in [0.25, 0.3) is 11.8 Å². The van der Waals surface area contributed by atoms with Gasteiger partial charge in [-0.2, -0.15) is 9.47 Å². The molecule has 0 aromatic carbocycles. The molecule has 3 aromatic heterocycles. The topological polar surface area (TPSA) is 86.8 Å². The van der Waals surface area contributed by atoms with E-state index in [0.29, 0.717) is 25.2 Å². The Bertz CT molecular complexity index is 1110. The van der Waals surface area contributed by atoms with Gasteiger partial charge in [0.05, 0.1) is 18.1 Å². The number of anilines is 1. The highest BCUT2D eigenvalue weighted by molar-refractivity contribution is 7.06. The molecule has 7 nitrogen and oxygen atoms in total. The largest absolute Gasteiger partial charge is 0.360 e. The Kier molecular flexibility index (Phi) is 4.30. The zero-order valence-electron chi connectivity index (χ0n) is 15.4. The predicted molar refractivity (Wildman–Crippen MR) is 106 cm³/mol. The normalized spacial score (nSPS) is 20.6. The molecular weight excluding hydrogens is 398 g/mol. The molecule has 1 aliphatic heterocycles. The summed E-state index contributed by atoms with van der Waals surface area (Å²) in [7, 11) is 0. The van der Waals surface area contributed by atoms with E-state index < -0.39 is 18.4 Å². The van der Waals surface area contributed by atoms with Crippen molar-refractivity contribution in [3.8, 4) is 0 Å². The summed E-state index contributed by atoms with van der Waals surface area (Å²) in [4.78, 5) is 19.3. The van der Waals surface area contributed by atoms with Crippen molar-refractivity contribution in [2.24, 2.45) is 0 Å². The minimum Gasteiger partial charge on any atom is -0.360 e. The van der Waals surface area contributed by atoms with Gasteiger partial charge < -0.3 is 10.2 Å². The first-order valence-corrected chi connectivity index (χ1v) is 10.2. The minimum atomic E-state index is -2.82. The fourth-order valence-corrected chi connectivity index (χ4v) is 4.70. The molecule has 1 saturated heterocycles. The molecule has 1 fully saturated rings. The molecule has 0 radical (unpaired) electrons. The quantitative estimate of drug-likeness (QED) is 0.684. The molecule has 1 atom stereocenters. The molecule has 2 aliphatic rings. The van der Waals surface area contributed by atoms with E-state index in [4.69, 9.17) is 0 Å². The number of carbonyl (C=O) groups excluding carboxylic acids is 1. The maximum Gasteiger partial charge on any atom is 0.274 e. The van der Waals surface area contributed by atoms with Gasteiger partial charge in [0.2, 0.25) is 0 Å². The Morgan fingerprint density at radius 1 is 1.41 bits per heavy atom. The number of H-pyrrole nitrogens is 1. The summed E-state index contributed by atoms with van der Waals surface area (Å²) in [6.07, 6.45) is 6.27.